The van der Waals surface area contributed by atoms with Crippen molar-refractivity contribution in [3.63, 3.8) is 0 Å². The van der Waals surface area contributed by atoms with Crippen molar-refractivity contribution in [3.05, 3.63) is 0 Å². The summed E-state index contributed by atoms with van der Waals surface area (Å²) >= 11 is 0. The van der Waals surface area contributed by atoms with E-state index in [4.69, 9.17) is 0 Å². The largest absolute Gasteiger partial charge is 0.339 e. The highest BCUT2D eigenvalue weighted by molar-refractivity contribution is 5.79. The number of piperidine rings is 1. The molecule has 104 valence electrons. The molecule has 1 amide bonds. The molecule has 1 saturated heterocycles. The van der Waals surface area contributed by atoms with E-state index in [1.165, 1.54) is 25.7 Å². The minimum absolute atomic E-state index is 0.257. The summed E-state index contributed by atoms with van der Waals surface area (Å²) in [6.45, 7) is 7.55. The topological polar surface area (TPSA) is 32.3 Å². The maximum absolute atomic E-state index is 12.6. The third kappa shape index (κ3) is 3.47. The first-order chi connectivity index (χ1) is 8.76. The van der Waals surface area contributed by atoms with Crippen molar-refractivity contribution in [2.24, 2.45) is 11.8 Å². The zero-order chi connectivity index (χ0) is 13.0. The summed E-state index contributed by atoms with van der Waals surface area (Å²) in [6.07, 6.45) is 6.92. The second-order valence-corrected chi connectivity index (χ2v) is 5.93. The first kappa shape index (κ1) is 13.9. The standard InChI is InChI=1S/C15H28N2O/c1-3-13(4-2)15(18)17(14-5-6-14)11-12-7-9-16-10-8-12/h12-14,16H,3-11H2,1-2H3. The van der Waals surface area contributed by atoms with Crippen LogP contribution in [0.25, 0.3) is 0 Å². The highest BCUT2D eigenvalue weighted by Gasteiger charge is 2.36. The highest BCUT2D eigenvalue weighted by Crippen LogP contribution is 2.31. The number of hydrogen-bond donors (Lipinski definition) is 1. The van der Waals surface area contributed by atoms with Crippen LogP contribution in [0, 0.1) is 11.8 Å². The average Bonchev–Trinajstić information content (AvgIpc) is 3.23. The van der Waals surface area contributed by atoms with Crippen LogP contribution < -0.4 is 5.32 Å². The van der Waals surface area contributed by atoms with Crippen LogP contribution in [0.4, 0.5) is 0 Å². The fraction of sp³-hybridized carbons (Fsp3) is 0.933. The molecule has 18 heavy (non-hydrogen) atoms. The second-order valence-electron chi connectivity index (χ2n) is 5.93. The normalized spacial score (nSPS) is 21.3. The number of carbonyl (C=O) groups is 1. The summed E-state index contributed by atoms with van der Waals surface area (Å²) in [5.41, 5.74) is 0. The van der Waals surface area contributed by atoms with E-state index >= 15 is 0 Å². The molecule has 0 spiro atoms. The quantitative estimate of drug-likeness (QED) is 0.787. The molecule has 2 rings (SSSR count). The maximum Gasteiger partial charge on any atom is 0.225 e. The smallest absolute Gasteiger partial charge is 0.225 e. The van der Waals surface area contributed by atoms with E-state index in [9.17, 15) is 4.79 Å². The van der Waals surface area contributed by atoms with Crippen LogP contribution in [0.15, 0.2) is 0 Å². The number of rotatable bonds is 6. The minimum atomic E-state index is 0.257. The molecule has 1 aliphatic carbocycles. The van der Waals surface area contributed by atoms with Gasteiger partial charge in [0.15, 0.2) is 0 Å². The van der Waals surface area contributed by atoms with Crippen molar-refractivity contribution in [1.82, 2.24) is 10.2 Å². The Balaban J connectivity index is 1.92. The van der Waals surface area contributed by atoms with Crippen molar-refractivity contribution in [1.29, 1.82) is 0 Å². The van der Waals surface area contributed by atoms with Crippen LogP contribution in [0.3, 0.4) is 0 Å². The van der Waals surface area contributed by atoms with Gasteiger partial charge in [-0.2, -0.15) is 0 Å². The first-order valence-corrected chi connectivity index (χ1v) is 7.77. The van der Waals surface area contributed by atoms with E-state index in [0.717, 1.165) is 38.4 Å². The number of nitrogens with zero attached hydrogens (tertiary/aromatic N) is 1. The summed E-state index contributed by atoms with van der Waals surface area (Å²) in [5.74, 6) is 1.42. The number of carbonyl (C=O) groups excluding carboxylic acids is 1. The molecule has 0 aromatic rings. The zero-order valence-electron chi connectivity index (χ0n) is 12.0. The van der Waals surface area contributed by atoms with Gasteiger partial charge in [0.25, 0.3) is 0 Å². The maximum atomic E-state index is 12.6. The average molecular weight is 252 g/mol. The summed E-state index contributed by atoms with van der Waals surface area (Å²) in [5, 5.41) is 3.40. The van der Waals surface area contributed by atoms with Crippen molar-refractivity contribution in [2.75, 3.05) is 19.6 Å². The summed E-state index contributed by atoms with van der Waals surface area (Å²) < 4.78 is 0. The van der Waals surface area contributed by atoms with Crippen molar-refractivity contribution >= 4 is 5.91 Å². The molecule has 3 heteroatoms. The highest BCUT2D eigenvalue weighted by atomic mass is 16.2. The Morgan fingerprint density at radius 2 is 1.78 bits per heavy atom. The molecule has 1 aliphatic heterocycles. The minimum Gasteiger partial charge on any atom is -0.339 e. The molecule has 3 nitrogen and oxygen atoms in total. The van der Waals surface area contributed by atoms with Crippen LogP contribution >= 0.6 is 0 Å². The van der Waals surface area contributed by atoms with E-state index in [0.29, 0.717) is 11.9 Å². The summed E-state index contributed by atoms with van der Waals surface area (Å²) in [4.78, 5) is 14.8. The summed E-state index contributed by atoms with van der Waals surface area (Å²) in [7, 11) is 0. The lowest BCUT2D eigenvalue weighted by Crippen LogP contribution is -2.43. The fourth-order valence-electron chi connectivity index (χ4n) is 3.02. The van der Waals surface area contributed by atoms with Gasteiger partial charge >= 0.3 is 0 Å². The van der Waals surface area contributed by atoms with Gasteiger partial charge in [-0.05, 0) is 57.5 Å². The first-order valence-electron chi connectivity index (χ1n) is 7.77. The molecule has 0 unspecified atom stereocenters. The molecule has 2 fully saturated rings. The molecular formula is C15H28N2O. The Morgan fingerprint density at radius 3 is 2.28 bits per heavy atom. The molecule has 0 aromatic heterocycles. The Kier molecular flexibility index (Phi) is 5.04. The van der Waals surface area contributed by atoms with Crippen LogP contribution in [0.5, 0.6) is 0 Å². The summed E-state index contributed by atoms with van der Waals surface area (Å²) in [6, 6.07) is 0.577. The number of amides is 1. The van der Waals surface area contributed by atoms with Crippen LogP contribution in [-0.4, -0.2) is 36.5 Å². The van der Waals surface area contributed by atoms with Crippen molar-refractivity contribution in [3.8, 4) is 0 Å². The van der Waals surface area contributed by atoms with Gasteiger partial charge < -0.3 is 10.2 Å². The van der Waals surface area contributed by atoms with Gasteiger partial charge in [-0.25, -0.2) is 0 Å². The van der Waals surface area contributed by atoms with Crippen molar-refractivity contribution in [2.45, 2.75) is 58.4 Å². The van der Waals surface area contributed by atoms with E-state index in [1.54, 1.807) is 0 Å². The monoisotopic (exact) mass is 252 g/mol. The third-order valence-electron chi connectivity index (χ3n) is 4.52. The van der Waals surface area contributed by atoms with Gasteiger partial charge in [-0.15, -0.1) is 0 Å². The lowest BCUT2D eigenvalue weighted by molar-refractivity contribution is -0.137. The van der Waals surface area contributed by atoms with Crippen LogP contribution in [-0.2, 0) is 4.79 Å². The van der Waals surface area contributed by atoms with Gasteiger partial charge in [0, 0.05) is 18.5 Å². The van der Waals surface area contributed by atoms with E-state index in [2.05, 4.69) is 24.1 Å². The van der Waals surface area contributed by atoms with Gasteiger partial charge in [-0.3, -0.25) is 4.79 Å². The molecule has 1 saturated carbocycles. The predicted molar refractivity (Wildman–Crippen MR) is 74.4 cm³/mol. The molecule has 0 atom stereocenters. The molecule has 0 bridgehead atoms. The van der Waals surface area contributed by atoms with Gasteiger partial charge in [0.05, 0.1) is 0 Å². The van der Waals surface area contributed by atoms with Gasteiger partial charge in [0.2, 0.25) is 5.91 Å². The molecule has 2 aliphatic rings. The Hall–Kier alpha value is -0.570. The lowest BCUT2D eigenvalue weighted by atomic mass is 9.95. The molecule has 1 heterocycles. The molecule has 1 N–H and O–H groups in total. The van der Waals surface area contributed by atoms with Gasteiger partial charge in [0.1, 0.15) is 0 Å². The van der Waals surface area contributed by atoms with Crippen molar-refractivity contribution < 1.29 is 4.79 Å². The van der Waals surface area contributed by atoms with E-state index in [-0.39, 0.29) is 5.92 Å². The lowest BCUT2D eigenvalue weighted by Gasteiger charge is -2.32. The molecular weight excluding hydrogens is 224 g/mol. The predicted octanol–water partition coefficient (Wildman–Crippen LogP) is 2.41. The SMILES string of the molecule is CCC(CC)C(=O)N(CC1CCNCC1)C1CC1. The third-order valence-corrected chi connectivity index (χ3v) is 4.52. The Labute approximate surface area is 111 Å². The van der Waals surface area contributed by atoms with E-state index in [1.807, 2.05) is 0 Å². The van der Waals surface area contributed by atoms with Crippen LogP contribution in [0.1, 0.15) is 52.4 Å². The number of hydrogen-bond acceptors (Lipinski definition) is 2. The molecule has 0 aromatic carbocycles. The fourth-order valence-corrected chi connectivity index (χ4v) is 3.02. The second kappa shape index (κ2) is 6.55. The van der Waals surface area contributed by atoms with Crippen LogP contribution in [0.2, 0.25) is 0 Å². The zero-order valence-corrected chi connectivity index (χ0v) is 12.0. The van der Waals surface area contributed by atoms with E-state index < -0.39 is 0 Å². The Bertz CT molecular complexity index is 266. The number of nitrogens with one attached hydrogen (secondary N) is 1. The molecule has 0 radical (unpaired) electrons. The van der Waals surface area contributed by atoms with Gasteiger partial charge in [-0.1, -0.05) is 13.8 Å². The Morgan fingerprint density at radius 1 is 1.17 bits per heavy atom.